The number of nitrogens with one attached hydrogen (secondary N) is 2. The van der Waals surface area contributed by atoms with E-state index in [0.717, 1.165) is 11.1 Å². The lowest BCUT2D eigenvalue weighted by Gasteiger charge is -2.19. The molecule has 178 valence electrons. The molecule has 0 saturated carbocycles. The molecular weight excluding hydrogens is 428 g/mol. The van der Waals surface area contributed by atoms with Crippen molar-refractivity contribution in [3.63, 3.8) is 0 Å². The molecule has 0 bridgehead atoms. The minimum absolute atomic E-state index is 0.0463. The average Bonchev–Trinajstić information content (AvgIpc) is 2.76. The fourth-order valence-corrected chi connectivity index (χ4v) is 2.65. The smallest absolute Gasteiger partial charge is 0.408 e. The van der Waals surface area contributed by atoms with Gasteiger partial charge in [0.1, 0.15) is 24.0 Å². The molecule has 0 aromatic heterocycles. The highest BCUT2D eigenvalue weighted by Crippen LogP contribution is 2.13. The van der Waals surface area contributed by atoms with E-state index in [1.807, 2.05) is 18.2 Å². The van der Waals surface area contributed by atoms with Gasteiger partial charge in [0.25, 0.3) is 0 Å². The van der Waals surface area contributed by atoms with Gasteiger partial charge in [-0.2, -0.15) is 0 Å². The highest BCUT2D eigenvalue weighted by Gasteiger charge is 2.21. The number of hydrogen-bond acceptors (Lipinski definition) is 6. The van der Waals surface area contributed by atoms with Crippen LogP contribution in [0.25, 0.3) is 0 Å². The first-order valence-corrected chi connectivity index (χ1v) is 10.5. The van der Waals surface area contributed by atoms with E-state index in [0.29, 0.717) is 12.3 Å². The predicted molar refractivity (Wildman–Crippen MR) is 121 cm³/mol. The Hall–Kier alpha value is -3.75. The van der Waals surface area contributed by atoms with Crippen molar-refractivity contribution in [3.05, 3.63) is 65.7 Å². The average molecular weight is 459 g/mol. The number of carboxylic acid groups (broad SMARTS) is 1. The Balaban J connectivity index is 1.73. The van der Waals surface area contributed by atoms with Crippen LogP contribution in [0.5, 0.6) is 5.75 Å². The summed E-state index contributed by atoms with van der Waals surface area (Å²) in [6, 6.07) is 14.9. The SMILES string of the molecule is CC(C)(C)OC(=O)NCc1ccc(OCC[C@H](NC(=O)OCc2ccccc2)C(=O)O)cc1. The molecule has 0 aliphatic carbocycles. The first-order valence-electron chi connectivity index (χ1n) is 10.5. The minimum Gasteiger partial charge on any atom is -0.494 e. The lowest BCUT2D eigenvalue weighted by atomic mass is 10.2. The van der Waals surface area contributed by atoms with Gasteiger partial charge in [0, 0.05) is 13.0 Å². The Bertz CT molecular complexity index is 909. The molecule has 0 heterocycles. The zero-order valence-corrected chi connectivity index (χ0v) is 19.0. The van der Waals surface area contributed by atoms with Gasteiger partial charge in [-0.1, -0.05) is 42.5 Å². The Kier molecular flexibility index (Phi) is 9.53. The Morgan fingerprint density at radius 3 is 2.21 bits per heavy atom. The van der Waals surface area contributed by atoms with Crippen molar-refractivity contribution in [2.24, 2.45) is 0 Å². The van der Waals surface area contributed by atoms with Gasteiger partial charge in [-0.05, 0) is 44.0 Å². The number of benzene rings is 2. The van der Waals surface area contributed by atoms with E-state index in [2.05, 4.69) is 10.6 Å². The van der Waals surface area contributed by atoms with E-state index in [9.17, 15) is 19.5 Å². The fraction of sp³-hybridized carbons (Fsp3) is 0.375. The van der Waals surface area contributed by atoms with Crippen molar-refractivity contribution < 1.29 is 33.7 Å². The van der Waals surface area contributed by atoms with Crippen LogP contribution in [0.2, 0.25) is 0 Å². The van der Waals surface area contributed by atoms with E-state index in [-0.39, 0.29) is 19.6 Å². The molecule has 9 heteroatoms. The molecule has 0 saturated heterocycles. The molecule has 3 N–H and O–H groups in total. The van der Waals surface area contributed by atoms with Crippen LogP contribution < -0.4 is 15.4 Å². The summed E-state index contributed by atoms with van der Waals surface area (Å²) in [5.74, 6) is -0.648. The largest absolute Gasteiger partial charge is 0.494 e. The van der Waals surface area contributed by atoms with Crippen LogP contribution in [-0.4, -0.2) is 41.5 Å². The second kappa shape index (κ2) is 12.3. The monoisotopic (exact) mass is 458 g/mol. The Labute approximate surface area is 193 Å². The van der Waals surface area contributed by atoms with Crippen LogP contribution in [0, 0.1) is 0 Å². The molecule has 0 aliphatic heterocycles. The number of carbonyl (C=O) groups is 3. The highest BCUT2D eigenvalue weighted by molar-refractivity contribution is 5.79. The maximum Gasteiger partial charge on any atom is 0.408 e. The molecule has 2 amide bonds. The third kappa shape index (κ3) is 10.4. The van der Waals surface area contributed by atoms with E-state index in [1.165, 1.54) is 0 Å². The van der Waals surface area contributed by atoms with Gasteiger partial charge < -0.3 is 30.0 Å². The summed E-state index contributed by atoms with van der Waals surface area (Å²) in [5, 5.41) is 14.3. The van der Waals surface area contributed by atoms with Gasteiger partial charge in [0.05, 0.1) is 6.61 Å². The van der Waals surface area contributed by atoms with Gasteiger partial charge in [0.15, 0.2) is 0 Å². The number of carbonyl (C=O) groups excluding carboxylic acids is 2. The van der Waals surface area contributed by atoms with E-state index < -0.39 is 29.8 Å². The number of aliphatic carboxylic acids is 1. The first-order chi connectivity index (χ1) is 15.6. The molecule has 9 nitrogen and oxygen atoms in total. The zero-order chi connectivity index (χ0) is 24.3. The first kappa shape index (κ1) is 25.5. The van der Waals surface area contributed by atoms with E-state index >= 15 is 0 Å². The van der Waals surface area contributed by atoms with Crippen molar-refractivity contribution in [2.75, 3.05) is 6.61 Å². The van der Waals surface area contributed by atoms with Crippen LogP contribution in [0.4, 0.5) is 9.59 Å². The van der Waals surface area contributed by atoms with Crippen molar-refractivity contribution in [1.29, 1.82) is 0 Å². The number of carboxylic acids is 1. The Morgan fingerprint density at radius 2 is 1.61 bits per heavy atom. The van der Waals surface area contributed by atoms with Gasteiger partial charge in [-0.25, -0.2) is 14.4 Å². The quantitative estimate of drug-likeness (QED) is 0.494. The van der Waals surface area contributed by atoms with Crippen molar-refractivity contribution in [1.82, 2.24) is 10.6 Å². The summed E-state index contributed by atoms with van der Waals surface area (Å²) >= 11 is 0. The Morgan fingerprint density at radius 1 is 0.939 bits per heavy atom. The summed E-state index contributed by atoms with van der Waals surface area (Å²) in [7, 11) is 0. The molecule has 2 aromatic rings. The number of hydrogen-bond donors (Lipinski definition) is 3. The summed E-state index contributed by atoms with van der Waals surface area (Å²) < 4.78 is 15.8. The molecule has 0 aliphatic rings. The topological polar surface area (TPSA) is 123 Å². The second-order valence-electron chi connectivity index (χ2n) is 8.23. The lowest BCUT2D eigenvalue weighted by molar-refractivity contribution is -0.139. The van der Waals surface area contributed by atoms with Crippen molar-refractivity contribution in [2.45, 2.75) is 52.0 Å². The third-order valence-electron chi connectivity index (χ3n) is 4.24. The molecule has 2 rings (SSSR count). The second-order valence-corrected chi connectivity index (χ2v) is 8.23. The lowest BCUT2D eigenvalue weighted by Crippen LogP contribution is -2.42. The van der Waals surface area contributed by atoms with Gasteiger partial charge >= 0.3 is 18.2 Å². The maximum atomic E-state index is 11.9. The molecule has 0 fully saturated rings. The molecule has 33 heavy (non-hydrogen) atoms. The van der Waals surface area contributed by atoms with Crippen LogP contribution in [0.1, 0.15) is 38.3 Å². The minimum atomic E-state index is -1.18. The molecule has 2 aromatic carbocycles. The summed E-state index contributed by atoms with van der Waals surface area (Å²) in [4.78, 5) is 35.1. The van der Waals surface area contributed by atoms with E-state index in [4.69, 9.17) is 14.2 Å². The number of amides is 2. The normalized spacial score (nSPS) is 11.7. The summed E-state index contributed by atoms with van der Waals surface area (Å²) in [5.41, 5.74) is 1.08. The fourth-order valence-electron chi connectivity index (χ4n) is 2.65. The standard InChI is InChI=1S/C24H30N2O7/c1-24(2,3)33-22(29)25-15-17-9-11-19(12-10-17)31-14-13-20(21(27)28)26-23(30)32-16-18-7-5-4-6-8-18/h4-12,20H,13-16H2,1-3H3,(H,25,29)(H,26,30)(H,27,28)/t20-/m0/s1. The van der Waals surface area contributed by atoms with Crippen LogP contribution in [0.3, 0.4) is 0 Å². The van der Waals surface area contributed by atoms with Gasteiger partial charge in [-0.3, -0.25) is 0 Å². The van der Waals surface area contributed by atoms with Crippen molar-refractivity contribution in [3.8, 4) is 5.75 Å². The molecular formula is C24H30N2O7. The molecule has 1 atom stereocenters. The summed E-state index contributed by atoms with van der Waals surface area (Å²) in [6.07, 6.45) is -1.26. The maximum absolute atomic E-state index is 11.9. The molecule has 0 radical (unpaired) electrons. The van der Waals surface area contributed by atoms with Crippen molar-refractivity contribution >= 4 is 18.2 Å². The number of alkyl carbamates (subject to hydrolysis) is 2. The highest BCUT2D eigenvalue weighted by atomic mass is 16.6. The van der Waals surface area contributed by atoms with Crippen LogP contribution >= 0.6 is 0 Å². The molecule has 0 unspecified atom stereocenters. The number of rotatable bonds is 10. The van der Waals surface area contributed by atoms with E-state index in [1.54, 1.807) is 57.2 Å². The molecule has 0 spiro atoms. The predicted octanol–water partition coefficient (Wildman–Crippen LogP) is 3.86. The van der Waals surface area contributed by atoms with Gasteiger partial charge in [-0.15, -0.1) is 0 Å². The van der Waals surface area contributed by atoms with Crippen LogP contribution in [-0.2, 0) is 27.4 Å². The van der Waals surface area contributed by atoms with Crippen LogP contribution in [0.15, 0.2) is 54.6 Å². The number of ether oxygens (including phenoxy) is 3. The van der Waals surface area contributed by atoms with Gasteiger partial charge in [0.2, 0.25) is 0 Å². The summed E-state index contributed by atoms with van der Waals surface area (Å²) in [6.45, 7) is 5.78. The third-order valence-corrected chi connectivity index (χ3v) is 4.24. The zero-order valence-electron chi connectivity index (χ0n) is 19.0.